The number of nitrogens with zero attached hydrogens (tertiary/aromatic N) is 2. The van der Waals surface area contributed by atoms with E-state index in [1.165, 1.54) is 17.3 Å². The molecule has 2 aromatic carbocycles. The highest BCUT2D eigenvalue weighted by atomic mass is 32.2. The van der Waals surface area contributed by atoms with Crippen molar-refractivity contribution in [1.82, 2.24) is 9.38 Å². The van der Waals surface area contributed by atoms with Crippen molar-refractivity contribution in [3.63, 3.8) is 0 Å². The zero-order valence-electron chi connectivity index (χ0n) is 15.1. The van der Waals surface area contributed by atoms with Gasteiger partial charge in [0.1, 0.15) is 22.0 Å². The largest absolute Gasteiger partial charge is 0.423 e. The lowest BCUT2D eigenvalue weighted by Crippen LogP contribution is -1.97. The molecule has 136 valence electrons. The third kappa shape index (κ3) is 2.90. The fourth-order valence-electron chi connectivity index (χ4n) is 3.24. The van der Waals surface area contributed by atoms with E-state index in [1.54, 1.807) is 6.07 Å². The summed E-state index contributed by atoms with van der Waals surface area (Å²) in [6.07, 6.45) is 2.00. The fraction of sp³-hybridized carbons (Fsp3) is 0.0435. The molecular formula is C23H16N2O2S. The molecule has 0 spiro atoms. The van der Waals surface area contributed by atoms with E-state index >= 15 is 0 Å². The van der Waals surface area contributed by atoms with Gasteiger partial charge in [0.15, 0.2) is 0 Å². The first-order chi connectivity index (χ1) is 13.7. The average Bonchev–Trinajstić information content (AvgIpc) is 3.07. The molecule has 3 heterocycles. The molecule has 0 aliphatic rings. The van der Waals surface area contributed by atoms with Crippen LogP contribution in [0.25, 0.3) is 27.9 Å². The Balaban J connectivity index is 1.74. The maximum atomic E-state index is 12.1. The second-order valence-electron chi connectivity index (χ2n) is 6.59. The average molecular weight is 384 g/mol. The first kappa shape index (κ1) is 16.8. The van der Waals surface area contributed by atoms with E-state index < -0.39 is 0 Å². The lowest BCUT2D eigenvalue weighted by atomic mass is 10.1. The number of hydrogen-bond acceptors (Lipinski definition) is 4. The molecule has 0 radical (unpaired) electrons. The normalized spacial score (nSPS) is 11.3. The van der Waals surface area contributed by atoms with Crippen molar-refractivity contribution in [2.45, 2.75) is 16.8 Å². The molecular weight excluding hydrogens is 368 g/mol. The molecule has 0 bridgehead atoms. The molecule has 4 nitrogen and oxygen atoms in total. The van der Waals surface area contributed by atoms with Gasteiger partial charge in [-0.3, -0.25) is 4.40 Å². The molecule has 0 aliphatic heterocycles. The van der Waals surface area contributed by atoms with Gasteiger partial charge in [-0.25, -0.2) is 9.78 Å². The molecule has 3 aromatic heterocycles. The number of aryl methyl sites for hydroxylation is 1. The lowest BCUT2D eigenvalue weighted by molar-refractivity contribution is 0.557. The Bertz CT molecular complexity index is 1370. The van der Waals surface area contributed by atoms with Crippen molar-refractivity contribution in [3.05, 3.63) is 95.0 Å². The highest BCUT2D eigenvalue weighted by Gasteiger charge is 2.17. The Morgan fingerprint density at radius 1 is 0.964 bits per heavy atom. The molecule has 0 unspecified atom stereocenters. The number of hydrogen-bond donors (Lipinski definition) is 0. The Labute approximate surface area is 165 Å². The summed E-state index contributed by atoms with van der Waals surface area (Å²) in [6.45, 7) is 2.07. The van der Waals surface area contributed by atoms with Crippen LogP contribution in [-0.4, -0.2) is 9.38 Å². The summed E-state index contributed by atoms with van der Waals surface area (Å²) in [5, 5.41) is 1.88. The van der Waals surface area contributed by atoms with E-state index in [4.69, 9.17) is 9.40 Å². The van der Waals surface area contributed by atoms with Gasteiger partial charge < -0.3 is 4.42 Å². The lowest BCUT2D eigenvalue weighted by Gasteiger charge is -2.07. The topological polar surface area (TPSA) is 47.5 Å². The zero-order valence-corrected chi connectivity index (χ0v) is 15.9. The number of para-hydroxylation sites is 1. The third-order valence-electron chi connectivity index (χ3n) is 4.63. The summed E-state index contributed by atoms with van der Waals surface area (Å²) in [7, 11) is 0. The summed E-state index contributed by atoms with van der Waals surface area (Å²) in [4.78, 5) is 17.8. The van der Waals surface area contributed by atoms with Crippen LogP contribution in [0.2, 0.25) is 0 Å². The van der Waals surface area contributed by atoms with Gasteiger partial charge >= 0.3 is 5.63 Å². The third-order valence-corrected chi connectivity index (χ3v) is 5.77. The Morgan fingerprint density at radius 2 is 1.75 bits per heavy atom. The van der Waals surface area contributed by atoms with Gasteiger partial charge in [0, 0.05) is 28.1 Å². The van der Waals surface area contributed by atoms with Gasteiger partial charge in [0.2, 0.25) is 0 Å². The zero-order chi connectivity index (χ0) is 19.1. The standard InChI is InChI=1S/C23H16N2O2S/c1-15-9-11-16(12-10-15)22-23(25-13-5-4-8-20(25)24-22)28-19-14-21(26)27-18-7-3-2-6-17(18)19/h2-14H,1H3. The van der Waals surface area contributed by atoms with Crippen LogP contribution in [0.3, 0.4) is 0 Å². The SMILES string of the molecule is Cc1ccc(-c2nc3ccccn3c2Sc2cc(=O)oc3ccccc23)cc1. The number of rotatable bonds is 3. The van der Waals surface area contributed by atoms with Crippen molar-refractivity contribution < 1.29 is 4.42 Å². The van der Waals surface area contributed by atoms with Gasteiger partial charge in [-0.05, 0) is 25.1 Å². The van der Waals surface area contributed by atoms with Crippen LogP contribution in [0, 0.1) is 6.92 Å². The number of aromatic nitrogens is 2. The van der Waals surface area contributed by atoms with Gasteiger partial charge in [-0.15, -0.1) is 0 Å². The summed E-state index contributed by atoms with van der Waals surface area (Å²) in [5.41, 5.74) is 4.24. The summed E-state index contributed by atoms with van der Waals surface area (Å²) < 4.78 is 7.40. The van der Waals surface area contributed by atoms with Crippen LogP contribution >= 0.6 is 11.8 Å². The maximum absolute atomic E-state index is 12.1. The van der Waals surface area contributed by atoms with Gasteiger partial charge in [-0.1, -0.05) is 65.9 Å². The minimum atomic E-state index is -0.355. The first-order valence-electron chi connectivity index (χ1n) is 8.94. The minimum absolute atomic E-state index is 0.355. The molecule has 0 atom stereocenters. The molecule has 5 aromatic rings. The second-order valence-corrected chi connectivity index (χ2v) is 7.62. The van der Waals surface area contributed by atoms with Crippen LogP contribution in [0.1, 0.15) is 5.56 Å². The van der Waals surface area contributed by atoms with Crippen molar-refractivity contribution in [2.75, 3.05) is 0 Å². The molecule has 5 rings (SSSR count). The van der Waals surface area contributed by atoms with Crippen molar-refractivity contribution in [1.29, 1.82) is 0 Å². The summed E-state index contributed by atoms with van der Waals surface area (Å²) in [6, 6.07) is 23.4. The van der Waals surface area contributed by atoms with Crippen molar-refractivity contribution >= 4 is 28.4 Å². The van der Waals surface area contributed by atoms with Gasteiger partial charge in [0.25, 0.3) is 0 Å². The summed E-state index contributed by atoms with van der Waals surface area (Å²) in [5.74, 6) is 0. The maximum Gasteiger partial charge on any atom is 0.337 e. The van der Waals surface area contributed by atoms with Crippen LogP contribution in [-0.2, 0) is 0 Å². The Morgan fingerprint density at radius 3 is 2.61 bits per heavy atom. The highest BCUT2D eigenvalue weighted by Crippen LogP contribution is 2.38. The summed E-state index contributed by atoms with van der Waals surface area (Å²) >= 11 is 1.53. The predicted octanol–water partition coefficient (Wildman–Crippen LogP) is 5.57. The molecule has 28 heavy (non-hydrogen) atoms. The van der Waals surface area contributed by atoms with Crippen LogP contribution in [0.5, 0.6) is 0 Å². The molecule has 0 N–H and O–H groups in total. The molecule has 0 saturated carbocycles. The van der Waals surface area contributed by atoms with Gasteiger partial charge in [-0.2, -0.15) is 0 Å². The van der Waals surface area contributed by atoms with E-state index in [-0.39, 0.29) is 5.63 Å². The van der Waals surface area contributed by atoms with Gasteiger partial charge in [0.05, 0.1) is 0 Å². The smallest absolute Gasteiger partial charge is 0.337 e. The first-order valence-corrected chi connectivity index (χ1v) is 9.75. The van der Waals surface area contributed by atoms with E-state index in [2.05, 4.69) is 35.6 Å². The van der Waals surface area contributed by atoms with E-state index in [9.17, 15) is 4.79 Å². The highest BCUT2D eigenvalue weighted by molar-refractivity contribution is 7.99. The van der Waals surface area contributed by atoms with Crippen LogP contribution < -0.4 is 5.63 Å². The minimum Gasteiger partial charge on any atom is -0.423 e. The second kappa shape index (κ2) is 6.69. The van der Waals surface area contributed by atoms with Crippen molar-refractivity contribution in [3.8, 4) is 11.3 Å². The molecule has 5 heteroatoms. The number of fused-ring (bicyclic) bond motifs is 2. The van der Waals surface area contributed by atoms with E-state index in [1.807, 2.05) is 48.7 Å². The number of pyridine rings is 1. The molecule has 0 aliphatic carbocycles. The Hall–Kier alpha value is -3.31. The molecule has 0 saturated heterocycles. The molecule has 0 fully saturated rings. The Kier molecular flexibility index (Phi) is 4.02. The number of benzene rings is 2. The van der Waals surface area contributed by atoms with E-state index in [0.29, 0.717) is 5.58 Å². The predicted molar refractivity (Wildman–Crippen MR) is 112 cm³/mol. The number of imidazole rings is 1. The van der Waals surface area contributed by atoms with E-state index in [0.717, 1.165) is 32.2 Å². The van der Waals surface area contributed by atoms with Crippen LogP contribution in [0.4, 0.5) is 0 Å². The van der Waals surface area contributed by atoms with Crippen LogP contribution in [0.15, 0.2) is 98.1 Å². The van der Waals surface area contributed by atoms with Crippen molar-refractivity contribution in [2.24, 2.45) is 0 Å². The quantitative estimate of drug-likeness (QED) is 0.382. The monoisotopic (exact) mass is 384 g/mol. The fourth-order valence-corrected chi connectivity index (χ4v) is 4.40. The molecule has 0 amide bonds.